The zero-order chi connectivity index (χ0) is 15.4. The Hall–Kier alpha value is -3.02. The summed E-state index contributed by atoms with van der Waals surface area (Å²) in [5.41, 5.74) is 3.38. The van der Waals surface area contributed by atoms with Gasteiger partial charge in [-0.1, -0.05) is 29.8 Å². The van der Waals surface area contributed by atoms with Crippen LogP contribution in [0.15, 0.2) is 54.9 Å². The lowest BCUT2D eigenvalue weighted by molar-refractivity contribution is 0.0472. The first-order chi connectivity index (χ1) is 10.7. The van der Waals surface area contributed by atoms with Crippen LogP contribution < -0.4 is 0 Å². The van der Waals surface area contributed by atoms with Crippen LogP contribution in [-0.2, 0) is 11.3 Å². The molecule has 0 N–H and O–H groups in total. The Kier molecular flexibility index (Phi) is 3.91. The standard InChI is InChI=1S/C16H14N4O2/c1-12-3-2-4-13(9-12)10-22-16(21)14-5-7-15(8-6-14)20-11-17-18-19-20/h2-9,11H,10H2,1H3. The monoisotopic (exact) mass is 294 g/mol. The molecule has 1 aromatic heterocycles. The maximum atomic E-state index is 12.0. The number of tetrazole rings is 1. The zero-order valence-corrected chi connectivity index (χ0v) is 12.0. The number of aromatic nitrogens is 4. The molecule has 6 heteroatoms. The number of carbonyl (C=O) groups excluding carboxylic acids is 1. The fourth-order valence-corrected chi connectivity index (χ4v) is 2.06. The van der Waals surface area contributed by atoms with Crippen molar-refractivity contribution in [1.29, 1.82) is 0 Å². The number of benzene rings is 2. The Bertz CT molecular complexity index is 767. The van der Waals surface area contributed by atoms with Crippen LogP contribution in [0.2, 0.25) is 0 Å². The van der Waals surface area contributed by atoms with E-state index in [4.69, 9.17) is 4.74 Å². The summed E-state index contributed by atoms with van der Waals surface area (Å²) < 4.78 is 6.83. The summed E-state index contributed by atoms with van der Waals surface area (Å²) in [5.74, 6) is -0.357. The van der Waals surface area contributed by atoms with Crippen molar-refractivity contribution in [3.63, 3.8) is 0 Å². The highest BCUT2D eigenvalue weighted by Crippen LogP contribution is 2.11. The van der Waals surface area contributed by atoms with Gasteiger partial charge in [0.25, 0.3) is 0 Å². The van der Waals surface area contributed by atoms with E-state index in [1.165, 1.54) is 11.0 Å². The normalized spacial score (nSPS) is 10.4. The molecule has 22 heavy (non-hydrogen) atoms. The second-order valence-corrected chi connectivity index (χ2v) is 4.87. The first kappa shape index (κ1) is 13.9. The summed E-state index contributed by atoms with van der Waals surface area (Å²) in [4.78, 5) is 12.0. The van der Waals surface area contributed by atoms with Crippen molar-refractivity contribution in [1.82, 2.24) is 20.2 Å². The predicted molar refractivity (Wildman–Crippen MR) is 79.5 cm³/mol. The molecule has 0 spiro atoms. The van der Waals surface area contributed by atoms with Gasteiger partial charge in [-0.25, -0.2) is 9.48 Å². The molecule has 0 amide bonds. The van der Waals surface area contributed by atoms with E-state index in [1.54, 1.807) is 24.3 Å². The summed E-state index contributed by atoms with van der Waals surface area (Å²) in [6, 6.07) is 14.8. The van der Waals surface area contributed by atoms with Gasteiger partial charge >= 0.3 is 5.97 Å². The number of aryl methyl sites for hydroxylation is 1. The van der Waals surface area contributed by atoms with Crippen LogP contribution in [0.25, 0.3) is 5.69 Å². The number of hydrogen-bond donors (Lipinski definition) is 0. The van der Waals surface area contributed by atoms with Gasteiger partial charge < -0.3 is 4.74 Å². The molecule has 1 heterocycles. The number of carbonyl (C=O) groups is 1. The van der Waals surface area contributed by atoms with E-state index in [9.17, 15) is 4.79 Å². The Balaban J connectivity index is 1.65. The molecule has 0 atom stereocenters. The Morgan fingerprint density at radius 3 is 2.68 bits per heavy atom. The van der Waals surface area contributed by atoms with Gasteiger partial charge in [-0.05, 0) is 47.2 Å². The van der Waals surface area contributed by atoms with Gasteiger partial charge in [-0.15, -0.1) is 5.10 Å². The first-order valence-corrected chi connectivity index (χ1v) is 6.78. The van der Waals surface area contributed by atoms with Crippen molar-refractivity contribution in [2.75, 3.05) is 0 Å². The quantitative estimate of drug-likeness (QED) is 0.691. The largest absolute Gasteiger partial charge is 0.457 e. The molecule has 110 valence electrons. The van der Waals surface area contributed by atoms with E-state index in [1.807, 2.05) is 31.2 Å². The molecule has 0 bridgehead atoms. The van der Waals surface area contributed by atoms with Crippen LogP contribution in [0, 0.1) is 6.92 Å². The number of hydrogen-bond acceptors (Lipinski definition) is 5. The average Bonchev–Trinajstić information content (AvgIpc) is 3.07. The second kappa shape index (κ2) is 6.17. The van der Waals surface area contributed by atoms with Crippen LogP contribution in [0.4, 0.5) is 0 Å². The van der Waals surface area contributed by atoms with Crippen LogP contribution >= 0.6 is 0 Å². The molecule has 6 nitrogen and oxygen atoms in total. The molecule has 3 rings (SSSR count). The molecule has 0 unspecified atom stereocenters. The zero-order valence-electron chi connectivity index (χ0n) is 12.0. The summed E-state index contributed by atoms with van der Waals surface area (Å²) in [6.45, 7) is 2.26. The highest BCUT2D eigenvalue weighted by molar-refractivity contribution is 5.89. The maximum absolute atomic E-state index is 12.0. The fourth-order valence-electron chi connectivity index (χ4n) is 2.06. The lowest BCUT2D eigenvalue weighted by atomic mass is 10.1. The number of nitrogens with zero attached hydrogens (tertiary/aromatic N) is 4. The van der Waals surface area contributed by atoms with Gasteiger partial charge in [0.2, 0.25) is 0 Å². The summed E-state index contributed by atoms with van der Waals surface area (Å²) in [7, 11) is 0. The SMILES string of the molecule is Cc1cccc(COC(=O)c2ccc(-n3cnnn3)cc2)c1. The molecule has 0 saturated carbocycles. The number of rotatable bonds is 4. The van der Waals surface area contributed by atoms with Crippen LogP contribution in [-0.4, -0.2) is 26.2 Å². The van der Waals surface area contributed by atoms with E-state index < -0.39 is 0 Å². The molecule has 0 aliphatic rings. The molecule has 0 fully saturated rings. The minimum Gasteiger partial charge on any atom is -0.457 e. The lowest BCUT2D eigenvalue weighted by Crippen LogP contribution is -2.06. The average molecular weight is 294 g/mol. The molecule has 2 aromatic carbocycles. The van der Waals surface area contributed by atoms with Crippen molar-refractivity contribution in [2.24, 2.45) is 0 Å². The highest BCUT2D eigenvalue weighted by atomic mass is 16.5. The second-order valence-electron chi connectivity index (χ2n) is 4.87. The third-order valence-corrected chi connectivity index (χ3v) is 3.17. The summed E-state index contributed by atoms with van der Waals surface area (Å²) in [6.07, 6.45) is 1.49. The maximum Gasteiger partial charge on any atom is 0.338 e. The van der Waals surface area contributed by atoms with Crippen molar-refractivity contribution in [3.05, 3.63) is 71.5 Å². The van der Waals surface area contributed by atoms with Crippen molar-refractivity contribution in [2.45, 2.75) is 13.5 Å². The minimum absolute atomic E-state index is 0.259. The van der Waals surface area contributed by atoms with E-state index in [-0.39, 0.29) is 12.6 Å². The Morgan fingerprint density at radius 1 is 1.18 bits per heavy atom. The summed E-state index contributed by atoms with van der Waals surface area (Å²) in [5, 5.41) is 10.9. The Labute approximate surface area is 127 Å². The molecule has 3 aromatic rings. The van der Waals surface area contributed by atoms with Gasteiger partial charge in [-0.2, -0.15) is 0 Å². The van der Waals surface area contributed by atoms with Gasteiger partial charge in [0.05, 0.1) is 11.3 Å². The van der Waals surface area contributed by atoms with E-state index in [0.29, 0.717) is 5.56 Å². The molecular weight excluding hydrogens is 280 g/mol. The van der Waals surface area contributed by atoms with E-state index in [2.05, 4.69) is 15.5 Å². The third-order valence-electron chi connectivity index (χ3n) is 3.17. The molecule has 0 aliphatic carbocycles. The third kappa shape index (κ3) is 3.17. The van der Waals surface area contributed by atoms with Gasteiger partial charge in [0.1, 0.15) is 12.9 Å². The van der Waals surface area contributed by atoms with Crippen molar-refractivity contribution in [3.8, 4) is 5.69 Å². The van der Waals surface area contributed by atoms with Crippen LogP contribution in [0.1, 0.15) is 21.5 Å². The van der Waals surface area contributed by atoms with E-state index >= 15 is 0 Å². The first-order valence-electron chi connectivity index (χ1n) is 6.78. The van der Waals surface area contributed by atoms with E-state index in [0.717, 1.165) is 16.8 Å². The Morgan fingerprint density at radius 2 is 2.00 bits per heavy atom. The lowest BCUT2D eigenvalue weighted by Gasteiger charge is -2.06. The van der Waals surface area contributed by atoms with Gasteiger partial charge in [0.15, 0.2) is 0 Å². The highest BCUT2D eigenvalue weighted by Gasteiger charge is 2.08. The summed E-state index contributed by atoms with van der Waals surface area (Å²) >= 11 is 0. The number of esters is 1. The minimum atomic E-state index is -0.357. The fraction of sp³-hybridized carbons (Fsp3) is 0.125. The number of ether oxygens (including phenoxy) is 1. The molecule has 0 saturated heterocycles. The van der Waals surface area contributed by atoms with Crippen LogP contribution in [0.5, 0.6) is 0 Å². The van der Waals surface area contributed by atoms with Crippen molar-refractivity contribution < 1.29 is 9.53 Å². The van der Waals surface area contributed by atoms with Crippen molar-refractivity contribution >= 4 is 5.97 Å². The smallest absolute Gasteiger partial charge is 0.338 e. The molecule has 0 radical (unpaired) electrons. The van der Waals surface area contributed by atoms with Gasteiger partial charge in [-0.3, -0.25) is 0 Å². The topological polar surface area (TPSA) is 69.9 Å². The van der Waals surface area contributed by atoms with Crippen LogP contribution in [0.3, 0.4) is 0 Å². The molecular formula is C16H14N4O2. The van der Waals surface area contributed by atoms with Gasteiger partial charge in [0, 0.05) is 0 Å². The molecule has 0 aliphatic heterocycles. The predicted octanol–water partition coefficient (Wildman–Crippen LogP) is 2.33.